The molecule has 2 aromatic rings. The molecule has 0 unspecified atom stereocenters. The van der Waals surface area contributed by atoms with Crippen molar-refractivity contribution in [3.8, 4) is 0 Å². The zero-order chi connectivity index (χ0) is 15.4. The van der Waals surface area contributed by atoms with Crippen molar-refractivity contribution in [3.05, 3.63) is 57.6 Å². The van der Waals surface area contributed by atoms with Gasteiger partial charge >= 0.3 is 5.97 Å². The number of hydrogen-bond acceptors (Lipinski definition) is 5. The molecule has 1 aromatic carbocycles. The molecule has 0 aliphatic rings. The summed E-state index contributed by atoms with van der Waals surface area (Å²) in [6, 6.07) is 4.46. The Bertz CT molecular complexity index is 687. The van der Waals surface area contributed by atoms with E-state index >= 15 is 0 Å². The Morgan fingerprint density at radius 2 is 1.95 bits per heavy atom. The second-order valence-corrected chi connectivity index (χ2v) is 5.01. The molecule has 2 rings (SSSR count). The van der Waals surface area contributed by atoms with Crippen LogP contribution in [0.1, 0.15) is 26.5 Å². The third kappa shape index (κ3) is 4.00. The van der Waals surface area contributed by atoms with Crippen LogP contribution in [0, 0.1) is 6.92 Å². The first-order valence-electron chi connectivity index (χ1n) is 5.91. The lowest BCUT2D eigenvalue weighted by atomic mass is 10.1. The third-order valence-electron chi connectivity index (χ3n) is 2.56. The van der Waals surface area contributed by atoms with E-state index in [1.807, 2.05) is 0 Å². The van der Waals surface area contributed by atoms with Gasteiger partial charge in [-0.25, -0.2) is 9.78 Å². The normalized spacial score (nSPS) is 10.2. The molecular weight excluding hydrogens is 315 g/mol. The van der Waals surface area contributed by atoms with Gasteiger partial charge in [0.2, 0.25) is 5.78 Å². The van der Waals surface area contributed by atoms with Crippen molar-refractivity contribution < 1.29 is 14.3 Å². The highest BCUT2D eigenvalue weighted by atomic mass is 35.5. The van der Waals surface area contributed by atoms with Crippen molar-refractivity contribution >= 4 is 35.0 Å². The van der Waals surface area contributed by atoms with Gasteiger partial charge in [-0.3, -0.25) is 9.78 Å². The predicted octanol–water partition coefficient (Wildman–Crippen LogP) is 3.13. The summed E-state index contributed by atoms with van der Waals surface area (Å²) in [5.41, 5.74) is 0.954. The zero-order valence-electron chi connectivity index (χ0n) is 11.0. The maximum absolute atomic E-state index is 11.9. The molecule has 0 atom stereocenters. The molecule has 108 valence electrons. The fraction of sp³-hybridized carbons (Fsp3) is 0.143. The molecule has 0 fully saturated rings. The van der Waals surface area contributed by atoms with Gasteiger partial charge in [-0.1, -0.05) is 23.2 Å². The third-order valence-corrected chi connectivity index (χ3v) is 3.10. The molecule has 0 N–H and O–H groups in total. The first-order chi connectivity index (χ1) is 9.97. The van der Waals surface area contributed by atoms with Gasteiger partial charge in [0, 0.05) is 16.8 Å². The molecule has 5 nitrogen and oxygen atoms in total. The van der Waals surface area contributed by atoms with Crippen molar-refractivity contribution in [1.29, 1.82) is 0 Å². The summed E-state index contributed by atoms with van der Waals surface area (Å²) in [4.78, 5) is 31.4. The SMILES string of the molecule is Cc1cnc(C(=O)OCC(=O)c2ccc(Cl)cc2Cl)cn1. The van der Waals surface area contributed by atoms with Crippen LogP contribution in [0.3, 0.4) is 0 Å². The van der Waals surface area contributed by atoms with E-state index in [1.54, 1.807) is 6.92 Å². The molecule has 0 radical (unpaired) electrons. The Morgan fingerprint density at radius 1 is 1.19 bits per heavy atom. The summed E-state index contributed by atoms with van der Waals surface area (Å²) >= 11 is 11.7. The average Bonchev–Trinajstić information content (AvgIpc) is 2.45. The summed E-state index contributed by atoms with van der Waals surface area (Å²) in [5.74, 6) is -1.15. The summed E-state index contributed by atoms with van der Waals surface area (Å²) in [6.45, 7) is 1.31. The van der Waals surface area contributed by atoms with E-state index in [4.69, 9.17) is 27.9 Å². The summed E-state index contributed by atoms with van der Waals surface area (Å²) < 4.78 is 4.89. The Kier molecular flexibility index (Phi) is 4.88. The molecular formula is C14H10Cl2N2O3. The molecule has 1 heterocycles. The quantitative estimate of drug-likeness (QED) is 0.638. The van der Waals surface area contributed by atoms with E-state index in [2.05, 4.69) is 9.97 Å². The van der Waals surface area contributed by atoms with Crippen molar-refractivity contribution in [3.63, 3.8) is 0 Å². The van der Waals surface area contributed by atoms with Gasteiger partial charge < -0.3 is 4.74 Å². The van der Waals surface area contributed by atoms with Gasteiger partial charge in [-0.15, -0.1) is 0 Å². The van der Waals surface area contributed by atoms with Crippen LogP contribution in [-0.4, -0.2) is 28.3 Å². The van der Waals surface area contributed by atoms with Gasteiger partial charge in [0.25, 0.3) is 0 Å². The lowest BCUT2D eigenvalue weighted by Crippen LogP contribution is -2.15. The molecule has 0 aliphatic carbocycles. The van der Waals surface area contributed by atoms with Gasteiger partial charge in [0.05, 0.1) is 16.9 Å². The monoisotopic (exact) mass is 324 g/mol. The Labute approximate surface area is 130 Å². The first-order valence-corrected chi connectivity index (χ1v) is 6.67. The van der Waals surface area contributed by atoms with E-state index < -0.39 is 18.4 Å². The van der Waals surface area contributed by atoms with Crippen molar-refractivity contribution in [1.82, 2.24) is 9.97 Å². The molecule has 0 saturated heterocycles. The minimum atomic E-state index is -0.721. The van der Waals surface area contributed by atoms with Crippen LogP contribution in [0.4, 0.5) is 0 Å². The Morgan fingerprint density at radius 3 is 2.57 bits per heavy atom. The highest BCUT2D eigenvalue weighted by Gasteiger charge is 2.15. The first kappa shape index (κ1) is 15.4. The molecule has 0 bridgehead atoms. The van der Waals surface area contributed by atoms with E-state index in [-0.39, 0.29) is 16.3 Å². The number of aromatic nitrogens is 2. The lowest BCUT2D eigenvalue weighted by molar-refractivity contribution is 0.0468. The molecule has 1 aromatic heterocycles. The predicted molar refractivity (Wildman–Crippen MR) is 77.8 cm³/mol. The Hall–Kier alpha value is -1.98. The Balaban J connectivity index is 2.00. The number of halogens is 2. The largest absolute Gasteiger partial charge is 0.453 e. The molecule has 0 spiro atoms. The van der Waals surface area contributed by atoms with Crippen LogP contribution in [0.2, 0.25) is 10.0 Å². The fourth-order valence-corrected chi connectivity index (χ4v) is 2.01. The molecule has 7 heteroatoms. The zero-order valence-corrected chi connectivity index (χ0v) is 12.5. The van der Waals surface area contributed by atoms with E-state index in [0.717, 1.165) is 0 Å². The number of hydrogen-bond donors (Lipinski definition) is 0. The molecule has 0 saturated carbocycles. The summed E-state index contributed by atoms with van der Waals surface area (Å²) in [5, 5.41) is 0.627. The van der Waals surface area contributed by atoms with Gasteiger partial charge in [-0.05, 0) is 25.1 Å². The van der Waals surface area contributed by atoms with Crippen LogP contribution >= 0.6 is 23.2 Å². The standard InChI is InChI=1S/C14H10Cl2N2O3/c1-8-5-18-12(6-17-8)14(20)21-7-13(19)10-3-2-9(15)4-11(10)16/h2-6H,7H2,1H3. The smallest absolute Gasteiger partial charge is 0.358 e. The highest BCUT2D eigenvalue weighted by Crippen LogP contribution is 2.21. The van der Waals surface area contributed by atoms with Crippen LogP contribution in [0.25, 0.3) is 0 Å². The number of carbonyl (C=O) groups excluding carboxylic acids is 2. The maximum atomic E-state index is 11.9. The minimum Gasteiger partial charge on any atom is -0.453 e. The van der Waals surface area contributed by atoms with E-state index in [1.165, 1.54) is 30.6 Å². The van der Waals surface area contributed by atoms with Gasteiger partial charge in [0.1, 0.15) is 0 Å². The number of carbonyl (C=O) groups is 2. The number of aryl methyl sites for hydroxylation is 1. The van der Waals surface area contributed by atoms with Crippen LogP contribution in [-0.2, 0) is 4.74 Å². The second kappa shape index (κ2) is 6.65. The minimum absolute atomic E-state index is 0.0376. The summed E-state index contributed by atoms with van der Waals surface area (Å²) in [7, 11) is 0. The molecule has 21 heavy (non-hydrogen) atoms. The van der Waals surface area contributed by atoms with Crippen LogP contribution < -0.4 is 0 Å². The maximum Gasteiger partial charge on any atom is 0.358 e. The number of Topliss-reactive ketones (excluding diaryl/α,β-unsaturated/α-hetero) is 1. The fourth-order valence-electron chi connectivity index (χ4n) is 1.50. The van der Waals surface area contributed by atoms with Crippen molar-refractivity contribution in [2.75, 3.05) is 6.61 Å². The van der Waals surface area contributed by atoms with Crippen molar-refractivity contribution in [2.45, 2.75) is 6.92 Å². The number of ether oxygens (including phenoxy) is 1. The highest BCUT2D eigenvalue weighted by molar-refractivity contribution is 6.36. The van der Waals surface area contributed by atoms with Crippen LogP contribution in [0.5, 0.6) is 0 Å². The topological polar surface area (TPSA) is 69.2 Å². The lowest BCUT2D eigenvalue weighted by Gasteiger charge is -2.05. The number of nitrogens with zero attached hydrogens (tertiary/aromatic N) is 2. The summed E-state index contributed by atoms with van der Waals surface area (Å²) in [6.07, 6.45) is 2.73. The number of ketones is 1. The average molecular weight is 325 g/mol. The van der Waals surface area contributed by atoms with E-state index in [9.17, 15) is 9.59 Å². The number of benzene rings is 1. The number of rotatable bonds is 4. The number of esters is 1. The second-order valence-electron chi connectivity index (χ2n) is 4.17. The molecule has 0 aliphatic heterocycles. The van der Waals surface area contributed by atoms with Gasteiger partial charge in [0.15, 0.2) is 12.3 Å². The van der Waals surface area contributed by atoms with Crippen LogP contribution in [0.15, 0.2) is 30.6 Å². The van der Waals surface area contributed by atoms with E-state index in [0.29, 0.717) is 10.7 Å². The van der Waals surface area contributed by atoms with Gasteiger partial charge in [-0.2, -0.15) is 0 Å². The van der Waals surface area contributed by atoms with Crippen molar-refractivity contribution in [2.24, 2.45) is 0 Å². The molecule has 0 amide bonds.